The number of amides is 1. The number of rotatable bonds is 4. The summed E-state index contributed by atoms with van der Waals surface area (Å²) in [6, 6.07) is 3.10. The highest BCUT2D eigenvalue weighted by Crippen LogP contribution is 2.56. The number of hydrogen-bond donors (Lipinski definition) is 5. The Kier molecular flexibility index (Phi) is 5.96. The average Bonchev–Trinajstić information content (AvgIpc) is 2.80. The molecule has 1 aromatic rings. The van der Waals surface area contributed by atoms with Crippen molar-refractivity contribution in [1.82, 2.24) is 4.90 Å². The number of likely N-dealkylation sites (N-methyl/N-ethyl adjacent to an activating group) is 1. The molecule has 1 saturated carbocycles. The van der Waals surface area contributed by atoms with Crippen LogP contribution >= 0.6 is 0 Å². The fourth-order valence-corrected chi connectivity index (χ4v) is 5.92. The van der Waals surface area contributed by atoms with Crippen LogP contribution in [0.5, 0.6) is 5.75 Å². The van der Waals surface area contributed by atoms with E-state index in [2.05, 4.69) is 0 Å². The molecular weight excluding hydrogens is 472 g/mol. The number of nitrogens with zero attached hydrogens (tertiary/aromatic N) is 1. The number of phenols is 1. The molecule has 0 bridgehead atoms. The first-order chi connectivity index (χ1) is 16.8. The minimum atomic E-state index is -2.94. The van der Waals surface area contributed by atoms with Gasteiger partial charge < -0.3 is 30.9 Å². The molecule has 192 valence electrons. The summed E-state index contributed by atoms with van der Waals surface area (Å²) in [5.74, 6) is -9.67. The summed E-state index contributed by atoms with van der Waals surface area (Å²) in [5.41, 5.74) is 1.47. The number of carbonyl (C=O) groups excluding carboxylic acids is 4. The van der Waals surface area contributed by atoms with Gasteiger partial charge in [-0.25, -0.2) is 0 Å². The van der Waals surface area contributed by atoms with Crippen molar-refractivity contribution in [1.29, 1.82) is 0 Å². The first-order valence-electron chi connectivity index (χ1n) is 11.5. The monoisotopic (exact) mass is 500 g/mol. The Balaban J connectivity index is 2.11. The Labute approximate surface area is 206 Å². The lowest BCUT2D eigenvalue weighted by atomic mass is 9.54. The molecule has 1 aromatic carbocycles. The van der Waals surface area contributed by atoms with Crippen LogP contribution in [0, 0.1) is 11.8 Å². The van der Waals surface area contributed by atoms with Gasteiger partial charge in [-0.1, -0.05) is 26.0 Å². The molecule has 6 N–H and O–H groups in total. The van der Waals surface area contributed by atoms with Crippen LogP contribution < -0.4 is 5.73 Å². The lowest BCUT2D eigenvalue weighted by molar-refractivity contribution is -0.185. The zero-order valence-corrected chi connectivity index (χ0v) is 20.2. The smallest absolute Gasteiger partial charge is 0.305 e. The number of aliphatic hydroxyl groups is 3. The highest BCUT2D eigenvalue weighted by atomic mass is 16.5. The predicted molar refractivity (Wildman–Crippen MR) is 125 cm³/mol. The van der Waals surface area contributed by atoms with Gasteiger partial charge >= 0.3 is 5.97 Å². The number of benzene rings is 1. The molecular formula is C25H28N2O9. The summed E-state index contributed by atoms with van der Waals surface area (Å²) in [4.78, 5) is 53.4. The number of phenolic OH excluding ortho intramolecular Hbond substituents is 1. The van der Waals surface area contributed by atoms with Crippen LogP contribution in [-0.4, -0.2) is 80.6 Å². The van der Waals surface area contributed by atoms with Crippen molar-refractivity contribution in [3.63, 3.8) is 0 Å². The van der Waals surface area contributed by atoms with Crippen molar-refractivity contribution >= 4 is 29.2 Å². The number of primary amides is 1. The Morgan fingerprint density at radius 2 is 1.81 bits per heavy atom. The SMILES string of the molecule is CCC(=O)O[C@H]1[C@H]2C(=C(O)c3c(O)cccc3[C@@H]2C)C(=O)[C@]2(O)C(O)=C(C(N)=O)C(=O)[C@@H](N(C)C)[C@H]12. The van der Waals surface area contributed by atoms with E-state index in [0.29, 0.717) is 5.56 Å². The molecule has 0 aliphatic heterocycles. The third-order valence-electron chi connectivity index (χ3n) is 7.52. The molecule has 1 fully saturated rings. The standard InChI is InChI=1S/C25H28N2O9/c1-5-12(29)36-21-13-9(2)10-7-6-8-11(28)14(10)19(30)15(13)22(32)25(35)17(21)18(27(3)4)20(31)16(23(25)33)24(26)34/h6-9,13,17-18,21,28,30,33,35H,5H2,1-4H3,(H2,26,34)/t9-,13+,17+,18-,21-,25-/m0/s1. The van der Waals surface area contributed by atoms with Gasteiger partial charge in [0.2, 0.25) is 5.78 Å². The number of nitrogens with two attached hydrogens (primary N) is 1. The fraction of sp³-hybridized carbons (Fsp3) is 0.440. The van der Waals surface area contributed by atoms with E-state index in [1.807, 2.05) is 0 Å². The van der Waals surface area contributed by atoms with Crippen LogP contribution in [0.15, 0.2) is 35.1 Å². The van der Waals surface area contributed by atoms with E-state index in [1.54, 1.807) is 19.1 Å². The largest absolute Gasteiger partial charge is 0.508 e. The van der Waals surface area contributed by atoms with Gasteiger partial charge in [0.05, 0.1) is 17.5 Å². The molecule has 11 heteroatoms. The van der Waals surface area contributed by atoms with E-state index in [0.717, 1.165) is 0 Å². The molecule has 0 spiro atoms. The number of esters is 1. The summed E-state index contributed by atoms with van der Waals surface area (Å²) in [6.45, 7) is 3.23. The molecule has 11 nitrogen and oxygen atoms in total. The normalized spacial score (nSPS) is 31.7. The Morgan fingerprint density at radius 1 is 1.17 bits per heavy atom. The Bertz CT molecular complexity index is 1260. The molecule has 3 aliphatic rings. The predicted octanol–water partition coefficient (Wildman–Crippen LogP) is 0.457. The van der Waals surface area contributed by atoms with Crippen molar-refractivity contribution < 1.29 is 44.3 Å². The van der Waals surface area contributed by atoms with Crippen molar-refractivity contribution in [2.45, 2.75) is 43.9 Å². The number of Topliss-reactive ketones (excluding diaryl/α,β-unsaturated/α-hetero) is 2. The maximum atomic E-state index is 14.0. The van der Waals surface area contributed by atoms with Crippen molar-refractivity contribution in [3.05, 3.63) is 46.2 Å². The molecule has 0 aromatic heterocycles. The lowest BCUT2D eigenvalue weighted by Gasteiger charge is -2.54. The van der Waals surface area contributed by atoms with E-state index in [4.69, 9.17) is 10.5 Å². The lowest BCUT2D eigenvalue weighted by Crippen LogP contribution is -2.71. The van der Waals surface area contributed by atoms with Gasteiger partial charge in [0, 0.05) is 17.9 Å². The second-order valence-corrected chi connectivity index (χ2v) is 9.61. The molecule has 36 heavy (non-hydrogen) atoms. The maximum Gasteiger partial charge on any atom is 0.305 e. The highest BCUT2D eigenvalue weighted by molar-refractivity contribution is 6.24. The zero-order chi connectivity index (χ0) is 26.9. The second-order valence-electron chi connectivity index (χ2n) is 9.61. The third kappa shape index (κ3) is 3.19. The van der Waals surface area contributed by atoms with Gasteiger partial charge in [0.25, 0.3) is 5.91 Å². The zero-order valence-electron chi connectivity index (χ0n) is 20.2. The quantitative estimate of drug-likeness (QED) is 0.287. The summed E-state index contributed by atoms with van der Waals surface area (Å²) < 4.78 is 5.74. The molecule has 0 saturated heterocycles. The number of ketones is 2. The molecule has 6 atom stereocenters. The van der Waals surface area contributed by atoms with Crippen molar-refractivity contribution in [2.24, 2.45) is 17.6 Å². The van der Waals surface area contributed by atoms with Gasteiger partial charge in [0.15, 0.2) is 11.4 Å². The number of ether oxygens (including phenoxy) is 1. The fourth-order valence-electron chi connectivity index (χ4n) is 5.92. The molecule has 1 amide bonds. The van der Waals surface area contributed by atoms with Gasteiger partial charge in [-0.15, -0.1) is 0 Å². The van der Waals surface area contributed by atoms with E-state index in [1.165, 1.54) is 32.0 Å². The topological polar surface area (TPSA) is 188 Å². The number of aliphatic hydroxyl groups excluding tert-OH is 2. The van der Waals surface area contributed by atoms with Gasteiger partial charge in [-0.2, -0.15) is 0 Å². The van der Waals surface area contributed by atoms with E-state index < -0.39 is 81.6 Å². The summed E-state index contributed by atoms with van der Waals surface area (Å²) >= 11 is 0. The minimum Gasteiger partial charge on any atom is -0.508 e. The van der Waals surface area contributed by atoms with E-state index in [9.17, 15) is 39.6 Å². The van der Waals surface area contributed by atoms with Gasteiger partial charge in [-0.3, -0.25) is 24.1 Å². The second kappa shape index (κ2) is 8.45. The van der Waals surface area contributed by atoms with Crippen LogP contribution in [0.1, 0.15) is 37.3 Å². The van der Waals surface area contributed by atoms with Crippen LogP contribution in [0.25, 0.3) is 5.76 Å². The number of carbonyl (C=O) groups is 4. The van der Waals surface area contributed by atoms with Crippen molar-refractivity contribution in [2.75, 3.05) is 14.1 Å². The molecule has 3 aliphatic carbocycles. The Morgan fingerprint density at radius 3 is 2.36 bits per heavy atom. The average molecular weight is 501 g/mol. The molecule has 0 unspecified atom stereocenters. The Hall–Kier alpha value is -3.70. The van der Waals surface area contributed by atoms with E-state index in [-0.39, 0.29) is 17.7 Å². The number of hydrogen-bond acceptors (Lipinski definition) is 10. The summed E-state index contributed by atoms with van der Waals surface area (Å²) in [6.07, 6.45) is -1.47. The molecule has 0 heterocycles. The highest BCUT2D eigenvalue weighted by Gasteiger charge is 2.69. The van der Waals surface area contributed by atoms with Crippen LogP contribution in [0.2, 0.25) is 0 Å². The number of aromatic hydroxyl groups is 1. The van der Waals surface area contributed by atoms with E-state index >= 15 is 0 Å². The summed E-state index contributed by atoms with van der Waals surface area (Å²) in [5, 5.41) is 44.5. The first-order valence-corrected chi connectivity index (χ1v) is 11.5. The molecule has 4 rings (SSSR count). The first kappa shape index (κ1) is 25.4. The summed E-state index contributed by atoms with van der Waals surface area (Å²) in [7, 11) is 2.93. The number of fused-ring (bicyclic) bond motifs is 3. The van der Waals surface area contributed by atoms with Crippen LogP contribution in [0.4, 0.5) is 0 Å². The van der Waals surface area contributed by atoms with Gasteiger partial charge in [0.1, 0.15) is 28.9 Å². The molecule has 0 radical (unpaired) electrons. The van der Waals surface area contributed by atoms with Crippen LogP contribution in [0.3, 0.4) is 0 Å². The van der Waals surface area contributed by atoms with Gasteiger partial charge in [-0.05, 0) is 31.6 Å². The maximum absolute atomic E-state index is 14.0. The minimum absolute atomic E-state index is 0.0399. The van der Waals surface area contributed by atoms with Crippen LogP contribution in [-0.2, 0) is 23.9 Å². The third-order valence-corrected chi connectivity index (χ3v) is 7.52. The van der Waals surface area contributed by atoms with Crippen molar-refractivity contribution in [3.8, 4) is 5.75 Å².